The third-order valence-corrected chi connectivity index (χ3v) is 1.05. The summed E-state index contributed by atoms with van der Waals surface area (Å²) in [5.41, 5.74) is 0.248. The minimum Gasteiger partial charge on any atom is -0.739 e. The summed E-state index contributed by atoms with van der Waals surface area (Å²) in [7, 11) is 0. The maximum absolute atomic E-state index is 10.5. The first-order valence-electron chi connectivity index (χ1n) is 2.70. The van der Waals surface area contributed by atoms with Gasteiger partial charge in [-0.2, -0.15) is 0 Å². The maximum Gasteiger partial charge on any atom is 0.244 e. The van der Waals surface area contributed by atoms with Crippen molar-refractivity contribution in [2.75, 3.05) is 0 Å². The molecule has 1 aromatic rings. The Morgan fingerprint density at radius 1 is 1.18 bits per heavy atom. The minimum absolute atomic E-state index is 0. The predicted molar refractivity (Wildman–Crippen MR) is 37.4 cm³/mol. The van der Waals surface area contributed by atoms with Gasteiger partial charge in [0.25, 0.3) is 0 Å². The van der Waals surface area contributed by atoms with Gasteiger partial charge in [0.15, 0.2) is 0 Å². The van der Waals surface area contributed by atoms with Crippen LogP contribution in [-0.4, -0.2) is 4.86 Å². The van der Waals surface area contributed by atoms with E-state index in [0.29, 0.717) is 0 Å². The van der Waals surface area contributed by atoms with E-state index in [9.17, 15) is 10.4 Å². The molecular formula is C6H7N3O2. The number of hydrogen-bond acceptors (Lipinski definition) is 3. The number of para-hydroxylation sites is 1. The Morgan fingerprint density at radius 2 is 1.73 bits per heavy atom. The van der Waals surface area contributed by atoms with E-state index < -0.39 is 0 Å². The van der Waals surface area contributed by atoms with E-state index in [1.165, 1.54) is 12.1 Å². The summed E-state index contributed by atoms with van der Waals surface area (Å²) in [5.74, 6) is 0. The molecule has 5 nitrogen and oxygen atoms in total. The molecule has 0 aliphatic rings. The van der Waals surface area contributed by atoms with Crippen LogP contribution in [0.1, 0.15) is 0 Å². The van der Waals surface area contributed by atoms with E-state index in [1.54, 1.807) is 18.2 Å². The molecule has 1 rings (SSSR count). The Morgan fingerprint density at radius 3 is 2.18 bits per heavy atom. The average molecular weight is 153 g/mol. The first kappa shape index (κ1) is 9.38. The number of benzene rings is 1. The van der Waals surface area contributed by atoms with Gasteiger partial charge in [0.1, 0.15) is 0 Å². The van der Waals surface area contributed by atoms with Crippen molar-refractivity contribution in [3.05, 3.63) is 40.7 Å². The van der Waals surface area contributed by atoms with Crippen LogP contribution in [0.25, 0.3) is 0 Å². The van der Waals surface area contributed by atoms with Gasteiger partial charge in [-0.25, -0.2) is 0 Å². The molecule has 0 aliphatic carbocycles. The zero-order chi connectivity index (χ0) is 7.40. The van der Waals surface area contributed by atoms with E-state index in [-0.39, 0.29) is 16.7 Å². The fourth-order valence-corrected chi connectivity index (χ4v) is 0.603. The monoisotopic (exact) mass is 153 g/mol. The van der Waals surface area contributed by atoms with Crippen LogP contribution in [0.2, 0.25) is 0 Å². The molecule has 0 heterocycles. The number of rotatable bonds is 1. The van der Waals surface area contributed by atoms with Crippen molar-refractivity contribution in [2.45, 2.75) is 0 Å². The Bertz CT molecular complexity index is 235. The lowest BCUT2D eigenvalue weighted by Gasteiger charge is -1.98. The fraction of sp³-hybridized carbons (Fsp3) is 0. The molecule has 0 aliphatic heterocycles. The standard InChI is InChI=1S/C6H6N2O2.H2N/c9-7-8(10)6-4-2-1-3-5-6;/h1-5,9H;1H2/q;+1/p-1/b8-7-;. The van der Waals surface area contributed by atoms with Crippen LogP contribution in [0.3, 0.4) is 0 Å². The SMILES string of the molecule is [NH2+].[O-]/N=[N+](\[O-])c1ccccc1. The van der Waals surface area contributed by atoms with Gasteiger partial charge < -0.3 is 10.4 Å². The first-order valence-corrected chi connectivity index (χ1v) is 2.70. The van der Waals surface area contributed by atoms with Crippen LogP contribution in [0.4, 0.5) is 5.69 Å². The normalized spacial score (nSPS) is 10.4. The van der Waals surface area contributed by atoms with Crippen molar-refractivity contribution >= 4 is 5.69 Å². The molecule has 0 bridgehead atoms. The predicted octanol–water partition coefficient (Wildman–Crippen LogP) is 0.257. The van der Waals surface area contributed by atoms with Crippen molar-refractivity contribution in [1.82, 2.24) is 0 Å². The summed E-state index contributed by atoms with van der Waals surface area (Å²) in [6, 6.07) is 8.09. The van der Waals surface area contributed by atoms with E-state index in [2.05, 4.69) is 5.28 Å². The van der Waals surface area contributed by atoms with Crippen LogP contribution >= 0.6 is 0 Å². The maximum atomic E-state index is 10.5. The van der Waals surface area contributed by atoms with E-state index in [1.807, 2.05) is 0 Å². The highest BCUT2D eigenvalue weighted by Gasteiger charge is 1.95. The number of hydrogen-bond donors (Lipinski definition) is 0. The van der Waals surface area contributed by atoms with Crippen LogP contribution in [0.5, 0.6) is 0 Å². The zero-order valence-electron chi connectivity index (χ0n) is 5.68. The number of nitrogens with two attached hydrogens (primary N) is 1. The third-order valence-electron chi connectivity index (χ3n) is 1.05. The molecule has 0 spiro atoms. The lowest BCUT2D eigenvalue weighted by Crippen LogP contribution is -1.95. The van der Waals surface area contributed by atoms with E-state index in [4.69, 9.17) is 0 Å². The van der Waals surface area contributed by atoms with Gasteiger partial charge in [-0.15, -0.1) is 0 Å². The molecule has 0 atom stereocenters. The quantitative estimate of drug-likeness (QED) is 0.328. The van der Waals surface area contributed by atoms with Crippen molar-refractivity contribution < 1.29 is 11.0 Å². The molecule has 0 amide bonds. The molecule has 5 heteroatoms. The summed E-state index contributed by atoms with van der Waals surface area (Å²) in [6.45, 7) is 0. The second-order valence-corrected chi connectivity index (χ2v) is 1.69. The summed E-state index contributed by atoms with van der Waals surface area (Å²) >= 11 is 0. The second-order valence-electron chi connectivity index (χ2n) is 1.69. The molecule has 0 saturated carbocycles. The molecule has 2 N–H and O–H groups in total. The Kier molecular flexibility index (Phi) is 3.61. The van der Waals surface area contributed by atoms with Crippen molar-refractivity contribution in [3.8, 4) is 0 Å². The largest absolute Gasteiger partial charge is 0.739 e. The van der Waals surface area contributed by atoms with Crippen LogP contribution in [0, 0.1) is 10.4 Å². The van der Waals surface area contributed by atoms with Crippen molar-refractivity contribution in [1.29, 1.82) is 0 Å². The average Bonchev–Trinajstić information content (AvgIpc) is 2.05. The van der Waals surface area contributed by atoms with Crippen LogP contribution in [-0.2, 0) is 0 Å². The highest BCUT2D eigenvalue weighted by atomic mass is 16.6. The zero-order valence-corrected chi connectivity index (χ0v) is 5.68. The Labute approximate surface area is 63.7 Å². The highest BCUT2D eigenvalue weighted by molar-refractivity contribution is 5.27. The fourth-order valence-electron chi connectivity index (χ4n) is 0.603. The summed E-state index contributed by atoms with van der Waals surface area (Å²) < 4.78 is 0. The molecule has 1 aromatic carbocycles. The summed E-state index contributed by atoms with van der Waals surface area (Å²) in [5, 5.41) is 22.3. The van der Waals surface area contributed by atoms with E-state index in [0.717, 1.165) is 0 Å². The lowest BCUT2D eigenvalue weighted by atomic mass is 10.3. The second kappa shape index (κ2) is 4.24. The molecule has 0 aromatic heterocycles. The Hall–Kier alpha value is -1.62. The molecule has 11 heavy (non-hydrogen) atoms. The van der Waals surface area contributed by atoms with Crippen LogP contribution in [0.15, 0.2) is 35.6 Å². The van der Waals surface area contributed by atoms with Gasteiger partial charge in [0.05, 0.1) is 0 Å². The first-order chi connectivity index (χ1) is 4.84. The van der Waals surface area contributed by atoms with Gasteiger partial charge >= 0.3 is 0 Å². The topological polar surface area (TPSA) is 95.0 Å². The molecule has 0 fully saturated rings. The van der Waals surface area contributed by atoms with Crippen molar-refractivity contribution in [2.24, 2.45) is 5.28 Å². The van der Waals surface area contributed by atoms with Gasteiger partial charge in [-0.1, -0.05) is 23.1 Å². The number of nitrogens with zero attached hydrogens (tertiary/aromatic N) is 2. The summed E-state index contributed by atoms with van der Waals surface area (Å²) in [6.07, 6.45) is 0. The van der Waals surface area contributed by atoms with Gasteiger partial charge in [0, 0.05) is 18.3 Å². The molecule has 58 valence electrons. The lowest BCUT2D eigenvalue weighted by molar-refractivity contribution is -0.436. The minimum atomic E-state index is 0. The van der Waals surface area contributed by atoms with Gasteiger partial charge in [-0.3, -0.25) is 0 Å². The van der Waals surface area contributed by atoms with E-state index >= 15 is 0 Å². The highest BCUT2D eigenvalue weighted by Crippen LogP contribution is 2.08. The third kappa shape index (κ3) is 2.23. The van der Waals surface area contributed by atoms with Gasteiger partial charge in [0.2, 0.25) is 5.69 Å². The summed E-state index contributed by atoms with van der Waals surface area (Å²) in [4.78, 5) is 0.0278. The Balaban J connectivity index is 0.000001000. The van der Waals surface area contributed by atoms with Crippen molar-refractivity contribution in [3.63, 3.8) is 0 Å². The molecule has 0 saturated heterocycles. The molecular weight excluding hydrogens is 146 g/mol. The van der Waals surface area contributed by atoms with Crippen LogP contribution < -0.4 is 6.15 Å². The molecule has 2 radical (unpaired) electrons. The van der Waals surface area contributed by atoms with Gasteiger partial charge in [-0.05, 0) is 5.28 Å². The molecule has 0 unspecified atom stereocenters. The smallest absolute Gasteiger partial charge is 0.244 e.